The zero-order valence-electron chi connectivity index (χ0n) is 20.9. The van der Waals surface area contributed by atoms with Gasteiger partial charge in [-0.3, -0.25) is 9.10 Å². The summed E-state index contributed by atoms with van der Waals surface area (Å²) in [6, 6.07) is 31.8. The molecule has 4 aromatic rings. The van der Waals surface area contributed by atoms with Gasteiger partial charge in [-0.1, -0.05) is 72.8 Å². The average Bonchev–Trinajstić information content (AvgIpc) is 2.92. The Bertz CT molecular complexity index is 1420. The number of sulfonamides is 1. The van der Waals surface area contributed by atoms with Crippen molar-refractivity contribution in [2.24, 2.45) is 0 Å². The second-order valence-corrected chi connectivity index (χ2v) is 10.4. The molecule has 1 amide bonds. The lowest BCUT2D eigenvalue weighted by molar-refractivity contribution is -0.120. The molecule has 37 heavy (non-hydrogen) atoms. The van der Waals surface area contributed by atoms with Crippen LogP contribution in [0.4, 0.5) is 5.69 Å². The molecule has 1 atom stereocenters. The topological polar surface area (TPSA) is 75.7 Å². The monoisotopic (exact) mass is 514 g/mol. The van der Waals surface area contributed by atoms with E-state index in [1.54, 1.807) is 42.5 Å². The van der Waals surface area contributed by atoms with Crippen molar-refractivity contribution >= 4 is 21.6 Å². The summed E-state index contributed by atoms with van der Waals surface area (Å²) in [5.41, 5.74) is 3.25. The van der Waals surface area contributed by atoms with Crippen molar-refractivity contribution in [2.45, 2.75) is 24.8 Å². The number of nitrogens with zero attached hydrogens (tertiary/aromatic N) is 1. The van der Waals surface area contributed by atoms with Gasteiger partial charge in [0.1, 0.15) is 12.3 Å². The van der Waals surface area contributed by atoms with Crippen LogP contribution < -0.4 is 14.4 Å². The van der Waals surface area contributed by atoms with E-state index < -0.39 is 22.0 Å². The number of carbonyl (C=O) groups excluding carboxylic acids is 1. The van der Waals surface area contributed by atoms with Crippen LogP contribution in [-0.4, -0.2) is 27.5 Å². The number of nitrogens with one attached hydrogen (secondary N) is 1. The molecular weight excluding hydrogens is 484 g/mol. The molecule has 0 aliphatic rings. The van der Waals surface area contributed by atoms with Gasteiger partial charge < -0.3 is 10.1 Å². The van der Waals surface area contributed by atoms with Gasteiger partial charge in [0.2, 0.25) is 5.91 Å². The number of rotatable bonds is 10. The van der Waals surface area contributed by atoms with Crippen LogP contribution in [0.2, 0.25) is 0 Å². The second kappa shape index (κ2) is 11.8. The minimum Gasteiger partial charge on any atom is -0.494 e. The molecule has 4 aromatic carbocycles. The van der Waals surface area contributed by atoms with Gasteiger partial charge in [0.15, 0.2) is 0 Å². The van der Waals surface area contributed by atoms with Crippen molar-refractivity contribution in [3.63, 3.8) is 0 Å². The second-order valence-electron chi connectivity index (χ2n) is 8.52. The van der Waals surface area contributed by atoms with Crippen molar-refractivity contribution in [2.75, 3.05) is 17.5 Å². The Hall–Kier alpha value is -4.10. The Morgan fingerprint density at radius 2 is 1.43 bits per heavy atom. The minimum absolute atomic E-state index is 0.107. The fourth-order valence-electron chi connectivity index (χ4n) is 4.14. The lowest BCUT2D eigenvalue weighted by Gasteiger charge is -2.27. The SMILES string of the molecule is CCOc1ccc(N(CC(=O)N[C@@H](c2ccccc2)c2ccccc2C)S(=O)(=O)c2ccccc2)cc1. The summed E-state index contributed by atoms with van der Waals surface area (Å²) in [6.07, 6.45) is 0. The maximum absolute atomic E-state index is 13.7. The summed E-state index contributed by atoms with van der Waals surface area (Å²) in [7, 11) is -4.02. The first kappa shape index (κ1) is 26.0. The highest BCUT2D eigenvalue weighted by molar-refractivity contribution is 7.92. The van der Waals surface area contributed by atoms with E-state index in [9.17, 15) is 13.2 Å². The van der Waals surface area contributed by atoms with Crippen molar-refractivity contribution in [1.29, 1.82) is 0 Å². The lowest BCUT2D eigenvalue weighted by atomic mass is 9.95. The molecule has 0 aliphatic heterocycles. The first-order chi connectivity index (χ1) is 17.9. The molecule has 0 radical (unpaired) electrons. The zero-order valence-corrected chi connectivity index (χ0v) is 21.7. The fraction of sp³-hybridized carbons (Fsp3) is 0.167. The van der Waals surface area contributed by atoms with Crippen molar-refractivity contribution < 1.29 is 17.9 Å². The number of anilines is 1. The predicted octanol–water partition coefficient (Wildman–Crippen LogP) is 5.49. The van der Waals surface area contributed by atoms with Gasteiger partial charge in [-0.25, -0.2) is 8.42 Å². The van der Waals surface area contributed by atoms with E-state index in [1.807, 2.05) is 68.4 Å². The summed E-state index contributed by atoms with van der Waals surface area (Å²) in [5.74, 6) is 0.196. The molecule has 0 saturated carbocycles. The van der Waals surface area contributed by atoms with Crippen LogP contribution in [0.3, 0.4) is 0 Å². The molecular formula is C30H30N2O4S. The summed E-state index contributed by atoms with van der Waals surface area (Å²) in [6.45, 7) is 3.97. The van der Waals surface area contributed by atoms with Crippen LogP contribution in [0, 0.1) is 6.92 Å². The lowest BCUT2D eigenvalue weighted by Crippen LogP contribution is -2.42. The van der Waals surface area contributed by atoms with Crippen LogP contribution in [0.1, 0.15) is 29.7 Å². The maximum atomic E-state index is 13.7. The van der Waals surface area contributed by atoms with Crippen LogP contribution in [0.15, 0.2) is 114 Å². The van der Waals surface area contributed by atoms with E-state index in [2.05, 4.69) is 5.32 Å². The van der Waals surface area contributed by atoms with Crippen LogP contribution in [0.5, 0.6) is 5.75 Å². The highest BCUT2D eigenvalue weighted by Crippen LogP contribution is 2.28. The number of ether oxygens (including phenoxy) is 1. The summed E-state index contributed by atoms with van der Waals surface area (Å²) < 4.78 is 34.0. The van der Waals surface area contributed by atoms with E-state index in [0.29, 0.717) is 18.0 Å². The number of hydrogen-bond acceptors (Lipinski definition) is 4. The van der Waals surface area contributed by atoms with E-state index in [1.165, 1.54) is 12.1 Å². The first-order valence-corrected chi connectivity index (χ1v) is 13.5. The normalized spacial score (nSPS) is 11.9. The molecule has 0 fully saturated rings. The molecule has 6 nitrogen and oxygen atoms in total. The highest BCUT2D eigenvalue weighted by atomic mass is 32.2. The van der Waals surface area contributed by atoms with E-state index >= 15 is 0 Å². The fourth-order valence-corrected chi connectivity index (χ4v) is 5.59. The van der Waals surface area contributed by atoms with Gasteiger partial charge in [0.25, 0.3) is 10.0 Å². The van der Waals surface area contributed by atoms with Crippen molar-refractivity contribution in [3.8, 4) is 5.75 Å². The Kier molecular flexibility index (Phi) is 8.25. The van der Waals surface area contributed by atoms with Gasteiger partial charge in [0.05, 0.1) is 23.2 Å². The molecule has 0 aliphatic carbocycles. The third kappa shape index (κ3) is 6.19. The molecule has 0 spiro atoms. The molecule has 0 saturated heterocycles. The van der Waals surface area contributed by atoms with E-state index in [4.69, 9.17) is 4.74 Å². The van der Waals surface area contributed by atoms with Crippen molar-refractivity contribution in [3.05, 3.63) is 126 Å². The van der Waals surface area contributed by atoms with Gasteiger partial charge in [-0.2, -0.15) is 0 Å². The van der Waals surface area contributed by atoms with Gasteiger partial charge >= 0.3 is 0 Å². The number of amides is 1. The van der Waals surface area contributed by atoms with Crippen LogP contribution in [-0.2, 0) is 14.8 Å². The summed E-state index contributed by atoms with van der Waals surface area (Å²) in [4.78, 5) is 13.6. The minimum atomic E-state index is -4.02. The molecule has 0 bridgehead atoms. The van der Waals surface area contributed by atoms with Crippen LogP contribution >= 0.6 is 0 Å². The number of hydrogen-bond donors (Lipinski definition) is 1. The average molecular weight is 515 g/mol. The molecule has 1 N–H and O–H groups in total. The molecule has 4 rings (SSSR count). The molecule has 190 valence electrons. The standard InChI is InChI=1S/C30H30N2O4S/c1-3-36-26-20-18-25(19-21-26)32(37(34,35)27-15-8-5-9-16-27)22-29(33)31-30(24-13-6-4-7-14-24)28-17-11-10-12-23(28)2/h4-21,30H,3,22H2,1-2H3,(H,31,33)/t30-/m0/s1. The Balaban J connectivity index is 1.68. The highest BCUT2D eigenvalue weighted by Gasteiger charge is 2.28. The van der Waals surface area contributed by atoms with Gasteiger partial charge in [-0.15, -0.1) is 0 Å². The van der Waals surface area contributed by atoms with Crippen LogP contribution in [0.25, 0.3) is 0 Å². The predicted molar refractivity (Wildman–Crippen MR) is 146 cm³/mol. The molecule has 7 heteroatoms. The summed E-state index contributed by atoms with van der Waals surface area (Å²) >= 11 is 0. The smallest absolute Gasteiger partial charge is 0.264 e. The zero-order chi connectivity index (χ0) is 26.3. The third-order valence-corrected chi connectivity index (χ3v) is 7.78. The molecule has 0 unspecified atom stereocenters. The van der Waals surface area contributed by atoms with E-state index in [0.717, 1.165) is 21.0 Å². The first-order valence-electron chi connectivity index (χ1n) is 12.1. The van der Waals surface area contributed by atoms with Gasteiger partial charge in [0, 0.05) is 0 Å². The van der Waals surface area contributed by atoms with Gasteiger partial charge in [-0.05, 0) is 66.9 Å². The molecule has 0 heterocycles. The largest absolute Gasteiger partial charge is 0.494 e. The number of benzene rings is 4. The molecule has 0 aromatic heterocycles. The number of carbonyl (C=O) groups is 1. The quantitative estimate of drug-likeness (QED) is 0.303. The Morgan fingerprint density at radius 1 is 0.838 bits per heavy atom. The Morgan fingerprint density at radius 3 is 2.05 bits per heavy atom. The maximum Gasteiger partial charge on any atom is 0.264 e. The third-order valence-electron chi connectivity index (χ3n) is 5.99. The van der Waals surface area contributed by atoms with E-state index in [-0.39, 0.29) is 11.4 Å². The number of aryl methyl sites for hydroxylation is 1. The Labute approximate surface area is 218 Å². The summed E-state index contributed by atoms with van der Waals surface area (Å²) in [5, 5.41) is 3.08. The van der Waals surface area contributed by atoms with Crippen molar-refractivity contribution in [1.82, 2.24) is 5.32 Å².